The lowest BCUT2D eigenvalue weighted by Crippen LogP contribution is -2.44. The van der Waals surface area contributed by atoms with E-state index < -0.39 is 5.60 Å². The number of hydrogen-bond donors (Lipinski definition) is 2. The van der Waals surface area contributed by atoms with Crippen LogP contribution < -0.4 is 5.32 Å². The summed E-state index contributed by atoms with van der Waals surface area (Å²) in [5.41, 5.74) is -0.613. The van der Waals surface area contributed by atoms with Gasteiger partial charge in [0, 0.05) is 25.6 Å². The van der Waals surface area contributed by atoms with Gasteiger partial charge in [-0.1, -0.05) is 32.6 Å². The van der Waals surface area contributed by atoms with E-state index >= 15 is 0 Å². The highest BCUT2D eigenvalue weighted by atomic mass is 16.5. The smallest absolute Gasteiger partial charge is 0.102 e. The summed E-state index contributed by atoms with van der Waals surface area (Å²) in [6.45, 7) is 6.29. The highest BCUT2D eigenvalue weighted by Crippen LogP contribution is 2.17. The van der Waals surface area contributed by atoms with Crippen molar-refractivity contribution < 1.29 is 9.84 Å². The summed E-state index contributed by atoms with van der Waals surface area (Å²) in [7, 11) is 0. The van der Waals surface area contributed by atoms with Gasteiger partial charge in [-0.25, -0.2) is 0 Å². The fraction of sp³-hybridized carbons (Fsp3) is 1.00. The molecule has 0 aliphatic carbocycles. The molecule has 0 saturated carbocycles. The molecule has 2 atom stereocenters. The Hall–Kier alpha value is -0.120. The van der Waals surface area contributed by atoms with Crippen molar-refractivity contribution in [2.75, 3.05) is 19.8 Å². The van der Waals surface area contributed by atoms with Gasteiger partial charge in [-0.15, -0.1) is 0 Å². The molecule has 2 N–H and O–H groups in total. The second-order valence-electron chi connectivity index (χ2n) is 5.16. The van der Waals surface area contributed by atoms with Gasteiger partial charge >= 0.3 is 0 Å². The molecule has 0 radical (unpaired) electrons. The van der Waals surface area contributed by atoms with Crippen molar-refractivity contribution >= 4 is 0 Å². The second-order valence-corrected chi connectivity index (χ2v) is 5.16. The minimum Gasteiger partial charge on any atom is -0.386 e. The van der Waals surface area contributed by atoms with Crippen molar-refractivity contribution in [3.8, 4) is 0 Å². The number of unbranched alkanes of at least 4 members (excludes halogenated alkanes) is 3. The van der Waals surface area contributed by atoms with E-state index in [2.05, 4.69) is 19.2 Å². The van der Waals surface area contributed by atoms with Gasteiger partial charge in [-0.3, -0.25) is 0 Å². The Morgan fingerprint density at radius 3 is 2.81 bits per heavy atom. The van der Waals surface area contributed by atoms with E-state index in [-0.39, 0.29) is 0 Å². The number of rotatable bonds is 8. The lowest BCUT2D eigenvalue weighted by Gasteiger charge is -2.23. The summed E-state index contributed by atoms with van der Waals surface area (Å²) >= 11 is 0. The van der Waals surface area contributed by atoms with Crippen LogP contribution in [0.1, 0.15) is 52.4 Å². The van der Waals surface area contributed by atoms with E-state index in [9.17, 15) is 5.11 Å². The molecule has 0 aromatic heterocycles. The van der Waals surface area contributed by atoms with Crippen molar-refractivity contribution in [2.45, 2.75) is 64.0 Å². The normalized spacial score (nSPS) is 27.2. The first-order chi connectivity index (χ1) is 7.66. The average molecular weight is 229 g/mol. The topological polar surface area (TPSA) is 41.5 Å². The van der Waals surface area contributed by atoms with Crippen LogP contribution in [-0.2, 0) is 4.74 Å². The van der Waals surface area contributed by atoms with Crippen LogP contribution in [0.5, 0.6) is 0 Å². The molecule has 0 aromatic rings. The standard InChI is InChI=1S/C13H27NO2/c1-3-4-5-6-7-12(2)14-10-13(15)8-9-16-11-13/h12,14-15H,3-11H2,1-2H3. The number of ether oxygens (including phenoxy) is 1. The zero-order valence-corrected chi connectivity index (χ0v) is 10.8. The van der Waals surface area contributed by atoms with Gasteiger partial charge in [0.15, 0.2) is 0 Å². The van der Waals surface area contributed by atoms with Crippen molar-refractivity contribution in [1.82, 2.24) is 5.32 Å². The van der Waals surface area contributed by atoms with Crippen LogP contribution in [0.3, 0.4) is 0 Å². The van der Waals surface area contributed by atoms with Crippen molar-refractivity contribution in [1.29, 1.82) is 0 Å². The predicted molar refractivity (Wildman–Crippen MR) is 66.6 cm³/mol. The van der Waals surface area contributed by atoms with E-state index in [4.69, 9.17) is 4.74 Å². The van der Waals surface area contributed by atoms with E-state index in [0.717, 1.165) is 6.42 Å². The van der Waals surface area contributed by atoms with Crippen LogP contribution in [0.2, 0.25) is 0 Å². The highest BCUT2D eigenvalue weighted by Gasteiger charge is 2.31. The molecular formula is C13H27NO2. The Morgan fingerprint density at radius 2 is 2.19 bits per heavy atom. The zero-order valence-electron chi connectivity index (χ0n) is 10.8. The van der Waals surface area contributed by atoms with E-state index in [1.54, 1.807) is 0 Å². The summed E-state index contributed by atoms with van der Waals surface area (Å²) in [4.78, 5) is 0. The largest absolute Gasteiger partial charge is 0.386 e. The third-order valence-corrected chi connectivity index (χ3v) is 3.35. The van der Waals surface area contributed by atoms with E-state index in [1.165, 1.54) is 32.1 Å². The quantitative estimate of drug-likeness (QED) is 0.626. The van der Waals surface area contributed by atoms with Gasteiger partial charge < -0.3 is 15.2 Å². The van der Waals surface area contributed by atoms with Crippen LogP contribution in [0.4, 0.5) is 0 Å². The lowest BCUT2D eigenvalue weighted by atomic mass is 10.0. The van der Waals surface area contributed by atoms with Crippen molar-refractivity contribution in [3.63, 3.8) is 0 Å². The summed E-state index contributed by atoms with van der Waals surface area (Å²) in [6.07, 6.45) is 7.22. The fourth-order valence-electron chi connectivity index (χ4n) is 2.08. The molecule has 3 nitrogen and oxygen atoms in total. The monoisotopic (exact) mass is 229 g/mol. The molecule has 2 unspecified atom stereocenters. The average Bonchev–Trinajstić information content (AvgIpc) is 2.70. The first-order valence-corrected chi connectivity index (χ1v) is 6.70. The molecule has 0 spiro atoms. The van der Waals surface area contributed by atoms with Crippen LogP contribution >= 0.6 is 0 Å². The molecule has 1 aliphatic rings. The molecule has 16 heavy (non-hydrogen) atoms. The Labute approximate surface area is 99.6 Å². The molecule has 1 heterocycles. The van der Waals surface area contributed by atoms with Gasteiger partial charge in [0.2, 0.25) is 0 Å². The van der Waals surface area contributed by atoms with Crippen LogP contribution in [-0.4, -0.2) is 36.5 Å². The minimum absolute atomic E-state index is 0.489. The molecule has 3 heteroatoms. The summed E-state index contributed by atoms with van der Waals surface area (Å²) < 4.78 is 5.22. The number of hydrogen-bond acceptors (Lipinski definition) is 3. The van der Waals surface area contributed by atoms with Crippen LogP contribution in [0, 0.1) is 0 Å². The Balaban J connectivity index is 2.03. The van der Waals surface area contributed by atoms with Gasteiger partial charge in [0.05, 0.1) is 6.61 Å². The molecule has 0 aromatic carbocycles. The molecule has 1 fully saturated rings. The molecule has 0 amide bonds. The van der Waals surface area contributed by atoms with Gasteiger partial charge in [0.25, 0.3) is 0 Å². The Bertz CT molecular complexity index is 179. The molecule has 1 aliphatic heterocycles. The third-order valence-electron chi connectivity index (χ3n) is 3.35. The number of nitrogens with one attached hydrogen (secondary N) is 1. The SMILES string of the molecule is CCCCCCC(C)NCC1(O)CCOC1. The first kappa shape index (κ1) is 13.9. The van der Waals surface area contributed by atoms with Crippen LogP contribution in [0.15, 0.2) is 0 Å². The number of aliphatic hydroxyl groups is 1. The lowest BCUT2D eigenvalue weighted by molar-refractivity contribution is 0.0250. The third kappa shape index (κ3) is 5.28. The van der Waals surface area contributed by atoms with Crippen molar-refractivity contribution in [2.24, 2.45) is 0 Å². The van der Waals surface area contributed by atoms with Crippen LogP contribution in [0.25, 0.3) is 0 Å². The first-order valence-electron chi connectivity index (χ1n) is 6.70. The molecule has 0 bridgehead atoms. The predicted octanol–water partition coefficient (Wildman–Crippen LogP) is 2.09. The fourth-order valence-corrected chi connectivity index (χ4v) is 2.08. The van der Waals surface area contributed by atoms with Gasteiger partial charge in [0.1, 0.15) is 5.60 Å². The Morgan fingerprint density at radius 1 is 1.38 bits per heavy atom. The zero-order chi connectivity index (χ0) is 11.9. The molecular weight excluding hydrogens is 202 g/mol. The van der Waals surface area contributed by atoms with E-state index in [0.29, 0.717) is 25.8 Å². The van der Waals surface area contributed by atoms with Gasteiger partial charge in [-0.05, 0) is 13.3 Å². The molecule has 1 saturated heterocycles. The Kier molecular flexibility index (Phi) is 6.32. The highest BCUT2D eigenvalue weighted by molar-refractivity contribution is 4.85. The van der Waals surface area contributed by atoms with Crippen molar-refractivity contribution in [3.05, 3.63) is 0 Å². The summed E-state index contributed by atoms with van der Waals surface area (Å²) in [5.74, 6) is 0. The maximum Gasteiger partial charge on any atom is 0.102 e. The van der Waals surface area contributed by atoms with Gasteiger partial charge in [-0.2, -0.15) is 0 Å². The summed E-state index contributed by atoms with van der Waals surface area (Å²) in [5, 5.41) is 13.5. The second kappa shape index (κ2) is 7.25. The summed E-state index contributed by atoms with van der Waals surface area (Å²) in [6, 6.07) is 0.501. The molecule has 1 rings (SSSR count). The maximum absolute atomic E-state index is 10.1. The maximum atomic E-state index is 10.1. The molecule has 96 valence electrons. The van der Waals surface area contributed by atoms with E-state index in [1.807, 2.05) is 0 Å². The minimum atomic E-state index is -0.613.